The van der Waals surface area contributed by atoms with Gasteiger partial charge in [0.1, 0.15) is 0 Å². The van der Waals surface area contributed by atoms with Gasteiger partial charge in [-0.05, 0) is 43.7 Å². The predicted octanol–water partition coefficient (Wildman–Crippen LogP) is 3.94. The Labute approximate surface area is 125 Å². The van der Waals surface area contributed by atoms with Gasteiger partial charge in [-0.2, -0.15) is 18.3 Å². The van der Waals surface area contributed by atoms with Crippen molar-refractivity contribution in [2.24, 2.45) is 0 Å². The number of carbonyl (C=O) groups excluding carboxylic acids is 1. The molecule has 4 nitrogen and oxygen atoms in total. The van der Waals surface area contributed by atoms with Gasteiger partial charge < -0.3 is 5.32 Å². The first kappa shape index (κ1) is 16.1. The second-order valence-electron chi connectivity index (χ2n) is 4.93. The molecular weight excluding hydrogens is 295 g/mol. The molecule has 0 spiro atoms. The minimum Gasteiger partial charge on any atom is -0.326 e. The van der Waals surface area contributed by atoms with E-state index in [1.165, 1.54) is 4.68 Å². The minimum atomic E-state index is -4.47. The molecule has 1 heterocycles. The van der Waals surface area contributed by atoms with E-state index in [2.05, 4.69) is 10.4 Å². The number of carbonyl (C=O) groups is 1. The standard InChI is InChI=1S/C15H16F3N3O/c1-3-4-14(22)19-11-5-7-12(8-6-11)21-10(2)9-13(20-21)15(16,17)18/h5-9H,3-4H2,1-2H3,(H,19,22). The van der Waals surface area contributed by atoms with Crippen LogP contribution in [0.3, 0.4) is 0 Å². The number of alkyl halides is 3. The molecule has 0 radical (unpaired) electrons. The van der Waals surface area contributed by atoms with Crippen LogP contribution >= 0.6 is 0 Å². The van der Waals surface area contributed by atoms with Crippen LogP contribution in [0.1, 0.15) is 31.2 Å². The lowest BCUT2D eigenvalue weighted by molar-refractivity contribution is -0.141. The monoisotopic (exact) mass is 311 g/mol. The lowest BCUT2D eigenvalue weighted by atomic mass is 10.2. The molecule has 2 rings (SSSR count). The van der Waals surface area contributed by atoms with Gasteiger partial charge in [-0.3, -0.25) is 4.79 Å². The normalized spacial score (nSPS) is 11.5. The van der Waals surface area contributed by atoms with Crippen LogP contribution in [0.2, 0.25) is 0 Å². The van der Waals surface area contributed by atoms with Gasteiger partial charge in [0.2, 0.25) is 5.91 Å². The first-order valence-electron chi connectivity index (χ1n) is 6.85. The van der Waals surface area contributed by atoms with Crippen LogP contribution in [-0.2, 0) is 11.0 Å². The van der Waals surface area contributed by atoms with E-state index >= 15 is 0 Å². The smallest absolute Gasteiger partial charge is 0.326 e. The van der Waals surface area contributed by atoms with Crippen molar-refractivity contribution in [2.75, 3.05) is 5.32 Å². The quantitative estimate of drug-likeness (QED) is 0.929. The Bertz CT molecular complexity index is 660. The molecular formula is C15H16F3N3O. The van der Waals surface area contributed by atoms with E-state index < -0.39 is 11.9 Å². The molecule has 1 N–H and O–H groups in total. The van der Waals surface area contributed by atoms with Gasteiger partial charge >= 0.3 is 6.18 Å². The van der Waals surface area contributed by atoms with Crippen LogP contribution in [0.5, 0.6) is 0 Å². The number of hydrogen-bond acceptors (Lipinski definition) is 2. The first-order chi connectivity index (χ1) is 10.3. The number of anilines is 1. The van der Waals surface area contributed by atoms with Gasteiger partial charge in [0.05, 0.1) is 5.69 Å². The van der Waals surface area contributed by atoms with Gasteiger partial charge in [-0.1, -0.05) is 6.92 Å². The molecule has 0 aliphatic rings. The number of rotatable bonds is 4. The maximum absolute atomic E-state index is 12.7. The fraction of sp³-hybridized carbons (Fsp3) is 0.333. The molecule has 0 atom stereocenters. The van der Waals surface area contributed by atoms with Crippen molar-refractivity contribution in [1.29, 1.82) is 0 Å². The van der Waals surface area contributed by atoms with E-state index in [-0.39, 0.29) is 5.91 Å². The minimum absolute atomic E-state index is 0.0927. The van der Waals surface area contributed by atoms with Gasteiger partial charge in [-0.25, -0.2) is 4.68 Å². The van der Waals surface area contributed by atoms with Crippen LogP contribution < -0.4 is 5.32 Å². The molecule has 0 aliphatic carbocycles. The summed E-state index contributed by atoms with van der Waals surface area (Å²) in [5, 5.41) is 6.29. The van der Waals surface area contributed by atoms with E-state index in [4.69, 9.17) is 0 Å². The molecule has 0 bridgehead atoms. The molecule has 7 heteroatoms. The molecule has 0 saturated heterocycles. The molecule has 118 valence electrons. The van der Waals surface area contributed by atoms with E-state index in [0.29, 0.717) is 23.5 Å². The Hall–Kier alpha value is -2.31. The molecule has 22 heavy (non-hydrogen) atoms. The third kappa shape index (κ3) is 3.66. The van der Waals surface area contributed by atoms with E-state index in [1.807, 2.05) is 6.92 Å². The zero-order chi connectivity index (χ0) is 16.3. The average molecular weight is 311 g/mol. The van der Waals surface area contributed by atoms with E-state index in [1.54, 1.807) is 31.2 Å². The number of nitrogens with one attached hydrogen (secondary N) is 1. The summed E-state index contributed by atoms with van der Waals surface area (Å²) in [5.41, 5.74) is 0.560. The molecule has 0 unspecified atom stereocenters. The van der Waals surface area contributed by atoms with Gasteiger partial charge in [0.15, 0.2) is 5.69 Å². The number of nitrogens with zero attached hydrogens (tertiary/aromatic N) is 2. The summed E-state index contributed by atoms with van der Waals surface area (Å²) < 4.78 is 39.2. The van der Waals surface area contributed by atoms with Crippen molar-refractivity contribution in [3.8, 4) is 5.69 Å². The summed E-state index contributed by atoms with van der Waals surface area (Å²) in [6, 6.07) is 7.49. The molecule has 0 fully saturated rings. The number of aromatic nitrogens is 2. The topological polar surface area (TPSA) is 46.9 Å². The summed E-state index contributed by atoms with van der Waals surface area (Å²) >= 11 is 0. The highest BCUT2D eigenvalue weighted by atomic mass is 19.4. The van der Waals surface area contributed by atoms with Crippen LogP contribution in [0.15, 0.2) is 30.3 Å². The van der Waals surface area contributed by atoms with Crippen molar-refractivity contribution in [3.63, 3.8) is 0 Å². The predicted molar refractivity (Wildman–Crippen MR) is 76.8 cm³/mol. The van der Waals surface area contributed by atoms with Crippen molar-refractivity contribution >= 4 is 11.6 Å². The van der Waals surface area contributed by atoms with Crippen molar-refractivity contribution in [3.05, 3.63) is 41.7 Å². The van der Waals surface area contributed by atoms with E-state index in [9.17, 15) is 18.0 Å². The highest BCUT2D eigenvalue weighted by Crippen LogP contribution is 2.29. The zero-order valence-electron chi connectivity index (χ0n) is 12.2. The summed E-state index contributed by atoms with van der Waals surface area (Å²) in [4.78, 5) is 11.5. The largest absolute Gasteiger partial charge is 0.435 e. The molecule has 1 aromatic carbocycles. The van der Waals surface area contributed by atoms with Crippen LogP contribution in [0, 0.1) is 6.92 Å². The third-order valence-electron chi connectivity index (χ3n) is 3.05. The van der Waals surface area contributed by atoms with Crippen molar-refractivity contribution < 1.29 is 18.0 Å². The second kappa shape index (κ2) is 6.21. The summed E-state index contributed by atoms with van der Waals surface area (Å²) in [5.74, 6) is -0.0927. The van der Waals surface area contributed by atoms with Gasteiger partial charge in [0.25, 0.3) is 0 Å². The number of benzene rings is 1. The molecule has 1 aromatic heterocycles. The Morgan fingerprint density at radius 2 is 1.91 bits per heavy atom. The third-order valence-corrected chi connectivity index (χ3v) is 3.05. The van der Waals surface area contributed by atoms with E-state index in [0.717, 1.165) is 12.5 Å². The fourth-order valence-corrected chi connectivity index (χ4v) is 2.01. The molecule has 0 aliphatic heterocycles. The SMILES string of the molecule is CCCC(=O)Nc1ccc(-n2nc(C(F)(F)F)cc2C)cc1. The Morgan fingerprint density at radius 3 is 2.41 bits per heavy atom. The summed E-state index contributed by atoms with van der Waals surface area (Å²) in [6.07, 6.45) is -3.30. The second-order valence-corrected chi connectivity index (χ2v) is 4.93. The number of aryl methyl sites for hydroxylation is 1. The first-order valence-corrected chi connectivity index (χ1v) is 6.85. The van der Waals surface area contributed by atoms with Gasteiger partial charge in [-0.15, -0.1) is 0 Å². The van der Waals surface area contributed by atoms with Crippen LogP contribution in [0.25, 0.3) is 5.69 Å². The van der Waals surface area contributed by atoms with Crippen LogP contribution in [-0.4, -0.2) is 15.7 Å². The number of hydrogen-bond donors (Lipinski definition) is 1. The highest BCUT2D eigenvalue weighted by molar-refractivity contribution is 5.90. The fourth-order valence-electron chi connectivity index (χ4n) is 2.01. The summed E-state index contributed by atoms with van der Waals surface area (Å²) in [6.45, 7) is 3.46. The number of halogens is 3. The van der Waals surface area contributed by atoms with Gasteiger partial charge in [0, 0.05) is 17.8 Å². The molecule has 2 aromatic rings. The van der Waals surface area contributed by atoms with Crippen molar-refractivity contribution in [2.45, 2.75) is 32.9 Å². The maximum atomic E-state index is 12.7. The zero-order valence-corrected chi connectivity index (χ0v) is 12.2. The highest BCUT2D eigenvalue weighted by Gasteiger charge is 2.34. The van der Waals surface area contributed by atoms with Crippen molar-refractivity contribution in [1.82, 2.24) is 9.78 Å². The summed E-state index contributed by atoms with van der Waals surface area (Å²) in [7, 11) is 0. The molecule has 0 saturated carbocycles. The Balaban J connectivity index is 2.20. The Kier molecular flexibility index (Phi) is 4.54. The maximum Gasteiger partial charge on any atom is 0.435 e. The lowest BCUT2D eigenvalue weighted by Crippen LogP contribution is -2.10. The van der Waals surface area contributed by atoms with Crippen LogP contribution in [0.4, 0.5) is 18.9 Å². The lowest BCUT2D eigenvalue weighted by Gasteiger charge is -2.07. The average Bonchev–Trinajstić information content (AvgIpc) is 2.82. The number of amides is 1. The Morgan fingerprint density at radius 1 is 1.27 bits per heavy atom. The molecule has 1 amide bonds.